The topological polar surface area (TPSA) is 112 Å². The van der Waals surface area contributed by atoms with Gasteiger partial charge in [0.15, 0.2) is 0 Å². The smallest absolute Gasteiger partial charge is 0.255 e. The molecule has 0 aliphatic carbocycles. The van der Waals surface area contributed by atoms with Crippen molar-refractivity contribution in [3.63, 3.8) is 0 Å². The maximum Gasteiger partial charge on any atom is 0.255 e. The molecule has 2 rings (SSSR count). The Kier molecular flexibility index (Phi) is 10.3. The molecule has 1 aromatic heterocycles. The van der Waals surface area contributed by atoms with Crippen LogP contribution in [0, 0.1) is 6.92 Å². The van der Waals surface area contributed by atoms with Gasteiger partial charge in [0.2, 0.25) is 5.91 Å². The quantitative estimate of drug-likeness (QED) is 0.697. The number of hydrogen-bond acceptors (Lipinski definition) is 7. The Morgan fingerprint density at radius 2 is 1.87 bits per heavy atom. The van der Waals surface area contributed by atoms with Gasteiger partial charge < -0.3 is 29.5 Å². The molecular formula is C22H35N3O6. The van der Waals surface area contributed by atoms with Crippen molar-refractivity contribution in [2.75, 3.05) is 46.5 Å². The fourth-order valence-corrected chi connectivity index (χ4v) is 3.62. The van der Waals surface area contributed by atoms with E-state index in [-0.39, 0.29) is 25.0 Å². The highest BCUT2D eigenvalue weighted by atomic mass is 16.5. The predicted octanol–water partition coefficient (Wildman–Crippen LogP) is 0.618. The summed E-state index contributed by atoms with van der Waals surface area (Å²) in [7, 11) is 1.44. The number of hydrogen-bond donors (Lipinski definition) is 2. The van der Waals surface area contributed by atoms with Gasteiger partial charge >= 0.3 is 0 Å². The summed E-state index contributed by atoms with van der Waals surface area (Å²) >= 11 is 0. The molecule has 1 saturated heterocycles. The Morgan fingerprint density at radius 3 is 2.55 bits per heavy atom. The minimum absolute atomic E-state index is 0.0291. The molecule has 0 radical (unpaired) electrons. The van der Waals surface area contributed by atoms with E-state index in [9.17, 15) is 19.8 Å². The molecule has 0 spiro atoms. The van der Waals surface area contributed by atoms with E-state index in [1.54, 1.807) is 28.1 Å². The van der Waals surface area contributed by atoms with Gasteiger partial charge in [-0.25, -0.2) is 0 Å². The van der Waals surface area contributed by atoms with Crippen molar-refractivity contribution < 1.29 is 29.3 Å². The van der Waals surface area contributed by atoms with Gasteiger partial charge in [-0.2, -0.15) is 0 Å². The summed E-state index contributed by atoms with van der Waals surface area (Å²) in [6, 6.07) is 3.53. The Bertz CT molecular complexity index is 716. The number of aryl methyl sites for hydroxylation is 1. The Balaban J connectivity index is 2.15. The maximum absolute atomic E-state index is 13.1. The number of aromatic nitrogens is 1. The third-order valence-corrected chi connectivity index (χ3v) is 5.56. The van der Waals surface area contributed by atoms with Crippen LogP contribution in [0.2, 0.25) is 0 Å². The highest BCUT2D eigenvalue weighted by Gasteiger charge is 2.29. The van der Waals surface area contributed by atoms with Crippen molar-refractivity contribution in [1.29, 1.82) is 0 Å². The van der Waals surface area contributed by atoms with Gasteiger partial charge in [0.25, 0.3) is 5.91 Å². The molecule has 1 aliphatic rings. The van der Waals surface area contributed by atoms with E-state index < -0.39 is 18.3 Å². The zero-order chi connectivity index (χ0) is 22.8. The second kappa shape index (κ2) is 12.7. The SMILES string of the molecule is CO[C@H]1CN(C(C)=O)CCCN(C(=O)c2cccnc2C)CCCCOC[C@H](O)[C@@H]1O. The predicted molar refractivity (Wildman–Crippen MR) is 115 cm³/mol. The lowest BCUT2D eigenvalue weighted by atomic mass is 10.1. The molecule has 0 saturated carbocycles. The molecule has 2 N–H and O–H groups in total. The van der Waals surface area contributed by atoms with Crippen LogP contribution in [0.25, 0.3) is 0 Å². The minimum Gasteiger partial charge on any atom is -0.388 e. The van der Waals surface area contributed by atoms with Crippen LogP contribution in [0.1, 0.15) is 42.2 Å². The second-order valence-electron chi connectivity index (χ2n) is 7.86. The number of carbonyl (C=O) groups excluding carboxylic acids is 2. The summed E-state index contributed by atoms with van der Waals surface area (Å²) < 4.78 is 10.8. The highest BCUT2D eigenvalue weighted by Crippen LogP contribution is 2.13. The number of methoxy groups -OCH3 is 1. The zero-order valence-electron chi connectivity index (χ0n) is 18.7. The van der Waals surface area contributed by atoms with Gasteiger partial charge in [0.1, 0.15) is 18.3 Å². The van der Waals surface area contributed by atoms with Crippen molar-refractivity contribution in [3.05, 3.63) is 29.6 Å². The Morgan fingerprint density at radius 1 is 1.16 bits per heavy atom. The van der Waals surface area contributed by atoms with Crippen molar-refractivity contribution in [3.8, 4) is 0 Å². The van der Waals surface area contributed by atoms with E-state index in [0.29, 0.717) is 50.3 Å². The highest BCUT2D eigenvalue weighted by molar-refractivity contribution is 5.95. The van der Waals surface area contributed by atoms with Crippen LogP contribution in [0.5, 0.6) is 0 Å². The number of pyridine rings is 1. The maximum atomic E-state index is 13.1. The van der Waals surface area contributed by atoms with E-state index in [0.717, 1.165) is 6.42 Å². The molecule has 0 unspecified atom stereocenters. The van der Waals surface area contributed by atoms with Gasteiger partial charge in [-0.15, -0.1) is 0 Å². The summed E-state index contributed by atoms with van der Waals surface area (Å²) in [5, 5.41) is 20.6. The normalized spacial score (nSPS) is 24.9. The molecule has 0 bridgehead atoms. The van der Waals surface area contributed by atoms with E-state index in [1.165, 1.54) is 14.0 Å². The summed E-state index contributed by atoms with van der Waals surface area (Å²) in [6.45, 7) is 5.24. The minimum atomic E-state index is -1.18. The number of nitrogens with zero attached hydrogens (tertiary/aromatic N) is 3. The molecule has 174 valence electrons. The van der Waals surface area contributed by atoms with Crippen LogP contribution < -0.4 is 0 Å². The summed E-state index contributed by atoms with van der Waals surface area (Å²) in [5.41, 5.74) is 1.26. The Hall–Kier alpha value is -2.07. The average molecular weight is 438 g/mol. The molecule has 9 heteroatoms. The van der Waals surface area contributed by atoms with Crippen LogP contribution in [0.15, 0.2) is 18.3 Å². The lowest BCUT2D eigenvalue weighted by Gasteiger charge is -2.31. The first-order valence-electron chi connectivity index (χ1n) is 10.8. The molecule has 1 fully saturated rings. The van der Waals surface area contributed by atoms with Crippen LogP contribution in [-0.4, -0.2) is 102 Å². The number of amides is 2. The van der Waals surface area contributed by atoms with Crippen molar-refractivity contribution in [2.45, 2.75) is 51.4 Å². The number of aliphatic hydroxyl groups excluding tert-OH is 2. The standard InChI is InChI=1S/C22H35N3O6/c1-16-18(8-6-9-23-16)22(29)24-10-4-5-13-31-15-19(27)21(28)20(30-3)14-25(17(2)26)12-7-11-24/h6,8-9,19-21,27-28H,4-5,7,10-15H2,1-3H3/t19-,20-,21-/m0/s1. The van der Waals surface area contributed by atoms with Crippen molar-refractivity contribution >= 4 is 11.8 Å². The van der Waals surface area contributed by atoms with Crippen molar-refractivity contribution in [2.24, 2.45) is 0 Å². The Labute approximate surface area is 184 Å². The lowest BCUT2D eigenvalue weighted by Crippen LogP contribution is -2.48. The summed E-state index contributed by atoms with van der Waals surface area (Å²) in [4.78, 5) is 32.8. The van der Waals surface area contributed by atoms with E-state index in [2.05, 4.69) is 4.98 Å². The number of aliphatic hydroxyl groups is 2. The van der Waals surface area contributed by atoms with Gasteiger partial charge in [-0.3, -0.25) is 14.6 Å². The fraction of sp³-hybridized carbons (Fsp3) is 0.682. The number of carbonyl (C=O) groups is 2. The van der Waals surface area contributed by atoms with Gasteiger partial charge in [0.05, 0.1) is 12.2 Å². The van der Waals surface area contributed by atoms with Crippen LogP contribution >= 0.6 is 0 Å². The van der Waals surface area contributed by atoms with Gasteiger partial charge in [-0.05, 0) is 38.3 Å². The summed E-state index contributed by atoms with van der Waals surface area (Å²) in [5.74, 6) is -0.240. The van der Waals surface area contributed by atoms with Crippen LogP contribution in [-0.2, 0) is 14.3 Å². The van der Waals surface area contributed by atoms with E-state index in [4.69, 9.17) is 9.47 Å². The first kappa shape index (κ1) is 25.2. The van der Waals surface area contributed by atoms with Gasteiger partial charge in [0, 0.05) is 58.7 Å². The summed E-state index contributed by atoms with van der Waals surface area (Å²) in [6.07, 6.45) is 0.653. The molecule has 2 heterocycles. The fourth-order valence-electron chi connectivity index (χ4n) is 3.62. The molecule has 2 amide bonds. The molecule has 31 heavy (non-hydrogen) atoms. The molecule has 0 aromatic carbocycles. The second-order valence-corrected chi connectivity index (χ2v) is 7.86. The largest absolute Gasteiger partial charge is 0.388 e. The molecule has 3 atom stereocenters. The molecule has 1 aliphatic heterocycles. The number of rotatable bonds is 2. The zero-order valence-corrected chi connectivity index (χ0v) is 18.7. The first-order valence-corrected chi connectivity index (χ1v) is 10.8. The van der Waals surface area contributed by atoms with E-state index >= 15 is 0 Å². The first-order chi connectivity index (χ1) is 14.8. The lowest BCUT2D eigenvalue weighted by molar-refractivity contribution is -0.136. The van der Waals surface area contributed by atoms with Gasteiger partial charge in [-0.1, -0.05) is 0 Å². The third kappa shape index (κ3) is 7.53. The monoisotopic (exact) mass is 437 g/mol. The molecule has 1 aromatic rings. The van der Waals surface area contributed by atoms with Crippen LogP contribution in [0.4, 0.5) is 0 Å². The van der Waals surface area contributed by atoms with Crippen molar-refractivity contribution in [1.82, 2.24) is 14.8 Å². The number of ether oxygens (including phenoxy) is 2. The average Bonchev–Trinajstić information content (AvgIpc) is 2.75. The van der Waals surface area contributed by atoms with Crippen LogP contribution in [0.3, 0.4) is 0 Å². The molecular weight excluding hydrogens is 402 g/mol. The van der Waals surface area contributed by atoms with E-state index in [1.807, 2.05) is 6.92 Å². The third-order valence-electron chi connectivity index (χ3n) is 5.56. The molecule has 9 nitrogen and oxygen atoms in total.